The van der Waals surface area contributed by atoms with Crippen molar-refractivity contribution < 1.29 is 9.53 Å². The van der Waals surface area contributed by atoms with E-state index in [-0.39, 0.29) is 11.9 Å². The van der Waals surface area contributed by atoms with Crippen molar-refractivity contribution in [3.63, 3.8) is 0 Å². The predicted octanol–water partition coefficient (Wildman–Crippen LogP) is 4.16. The molecule has 7 heteroatoms. The minimum Gasteiger partial charge on any atom is -0.467 e. The van der Waals surface area contributed by atoms with Gasteiger partial charge in [0, 0.05) is 53.7 Å². The van der Waals surface area contributed by atoms with Crippen LogP contribution in [0, 0.1) is 13.8 Å². The van der Waals surface area contributed by atoms with Crippen molar-refractivity contribution in [1.82, 2.24) is 25.3 Å². The zero-order valence-electron chi connectivity index (χ0n) is 18.2. The number of methoxy groups -OCH3 is 1. The van der Waals surface area contributed by atoms with Crippen LogP contribution in [0.15, 0.2) is 67.3 Å². The molecule has 0 saturated heterocycles. The van der Waals surface area contributed by atoms with E-state index in [9.17, 15) is 4.79 Å². The van der Waals surface area contributed by atoms with Gasteiger partial charge in [-0.3, -0.25) is 14.8 Å². The molecule has 0 bridgehead atoms. The zero-order chi connectivity index (χ0) is 22.5. The molecule has 0 aliphatic carbocycles. The van der Waals surface area contributed by atoms with E-state index in [1.165, 1.54) is 7.11 Å². The molecule has 4 aromatic rings. The van der Waals surface area contributed by atoms with Gasteiger partial charge in [0.2, 0.25) is 0 Å². The summed E-state index contributed by atoms with van der Waals surface area (Å²) in [5.74, 6) is -0.185. The average Bonchev–Trinajstić information content (AvgIpc) is 2.83. The van der Waals surface area contributed by atoms with Crippen LogP contribution in [0.4, 0.5) is 0 Å². The highest BCUT2D eigenvalue weighted by Gasteiger charge is 2.13. The van der Waals surface area contributed by atoms with Gasteiger partial charge in [0.1, 0.15) is 0 Å². The van der Waals surface area contributed by atoms with Gasteiger partial charge in [0.05, 0.1) is 12.8 Å². The maximum absolute atomic E-state index is 13.0. The maximum Gasteiger partial charge on any atom is 0.316 e. The molecule has 1 aromatic carbocycles. The number of hydrogen-bond donors (Lipinski definition) is 1. The topological polar surface area (TPSA) is 89.9 Å². The number of carbonyl (C=O) groups is 1. The Balaban J connectivity index is 1.67. The summed E-state index contributed by atoms with van der Waals surface area (Å²) in [6.07, 6.45) is 6.92. The molecular formula is C25H23N5O2. The lowest BCUT2D eigenvalue weighted by molar-refractivity contribution is 0.0951. The number of nitrogens with zero attached hydrogens (tertiary/aromatic N) is 4. The Kier molecular flexibility index (Phi) is 6.17. The van der Waals surface area contributed by atoms with Crippen LogP contribution in [0.2, 0.25) is 0 Å². The summed E-state index contributed by atoms with van der Waals surface area (Å²) in [4.78, 5) is 30.2. The van der Waals surface area contributed by atoms with E-state index in [2.05, 4.69) is 25.3 Å². The molecule has 7 nitrogen and oxygen atoms in total. The third-order valence-electron chi connectivity index (χ3n) is 4.97. The fourth-order valence-corrected chi connectivity index (χ4v) is 3.17. The number of amides is 1. The van der Waals surface area contributed by atoms with Crippen LogP contribution >= 0.6 is 0 Å². The van der Waals surface area contributed by atoms with E-state index in [0.717, 1.165) is 39.2 Å². The smallest absolute Gasteiger partial charge is 0.316 e. The Bertz CT molecular complexity index is 1220. The molecule has 1 amide bonds. The first-order valence-electron chi connectivity index (χ1n) is 10.2. The van der Waals surface area contributed by atoms with Crippen molar-refractivity contribution in [1.29, 1.82) is 0 Å². The van der Waals surface area contributed by atoms with Crippen LogP contribution in [-0.4, -0.2) is 33.0 Å². The fourth-order valence-electron chi connectivity index (χ4n) is 3.17. The lowest BCUT2D eigenvalue weighted by atomic mass is 9.99. The van der Waals surface area contributed by atoms with E-state index in [1.54, 1.807) is 18.6 Å². The molecule has 0 atom stereocenters. The molecule has 0 fully saturated rings. The summed E-state index contributed by atoms with van der Waals surface area (Å²) in [5.41, 5.74) is 6.66. The standard InChI is InChI=1S/C25H23N5O2/c1-16-4-7-23(27-11-16)20-8-19(22-14-29-25(32-3)30-15-22)9-21(10-20)24(31)28-13-18-6-5-17(2)26-12-18/h4-12,14-15H,13H2,1-3H3,(H,28,31). The minimum absolute atomic E-state index is 0.185. The van der Waals surface area contributed by atoms with Crippen molar-refractivity contribution in [3.05, 3.63) is 89.6 Å². The summed E-state index contributed by atoms with van der Waals surface area (Å²) in [7, 11) is 1.52. The van der Waals surface area contributed by atoms with E-state index < -0.39 is 0 Å². The zero-order valence-corrected chi connectivity index (χ0v) is 18.2. The molecule has 32 heavy (non-hydrogen) atoms. The van der Waals surface area contributed by atoms with Crippen molar-refractivity contribution >= 4 is 5.91 Å². The van der Waals surface area contributed by atoms with Crippen LogP contribution in [-0.2, 0) is 6.54 Å². The van der Waals surface area contributed by atoms with Gasteiger partial charge in [-0.15, -0.1) is 0 Å². The maximum atomic E-state index is 13.0. The van der Waals surface area contributed by atoms with Crippen LogP contribution < -0.4 is 10.1 Å². The predicted molar refractivity (Wildman–Crippen MR) is 122 cm³/mol. The molecule has 160 valence electrons. The molecule has 1 N–H and O–H groups in total. The van der Waals surface area contributed by atoms with Crippen molar-refractivity contribution in [3.8, 4) is 28.4 Å². The van der Waals surface area contributed by atoms with Gasteiger partial charge in [0.15, 0.2) is 0 Å². The van der Waals surface area contributed by atoms with Crippen molar-refractivity contribution in [2.24, 2.45) is 0 Å². The monoisotopic (exact) mass is 425 g/mol. The lowest BCUT2D eigenvalue weighted by Crippen LogP contribution is -2.23. The summed E-state index contributed by atoms with van der Waals surface area (Å²) in [5, 5.41) is 2.97. The molecule has 0 aliphatic rings. The number of nitrogens with one attached hydrogen (secondary N) is 1. The third-order valence-corrected chi connectivity index (χ3v) is 4.97. The highest BCUT2D eigenvalue weighted by Crippen LogP contribution is 2.27. The lowest BCUT2D eigenvalue weighted by Gasteiger charge is -2.11. The summed E-state index contributed by atoms with van der Waals surface area (Å²) in [6.45, 7) is 4.30. The Morgan fingerprint density at radius 3 is 2.28 bits per heavy atom. The molecule has 0 unspecified atom stereocenters. The van der Waals surface area contributed by atoms with Gasteiger partial charge in [-0.25, -0.2) is 9.97 Å². The molecule has 0 radical (unpaired) electrons. The van der Waals surface area contributed by atoms with Crippen LogP contribution in [0.5, 0.6) is 6.01 Å². The Morgan fingerprint density at radius 2 is 1.62 bits per heavy atom. The molecular weight excluding hydrogens is 402 g/mol. The Morgan fingerprint density at radius 1 is 0.844 bits per heavy atom. The van der Waals surface area contributed by atoms with Gasteiger partial charge < -0.3 is 10.1 Å². The van der Waals surface area contributed by atoms with E-state index in [4.69, 9.17) is 4.74 Å². The molecule has 3 heterocycles. The number of pyridine rings is 2. The largest absolute Gasteiger partial charge is 0.467 e. The third kappa shape index (κ3) is 4.95. The highest BCUT2D eigenvalue weighted by atomic mass is 16.5. The first-order chi connectivity index (χ1) is 15.5. The van der Waals surface area contributed by atoms with E-state index >= 15 is 0 Å². The molecule has 3 aromatic heterocycles. The fraction of sp³-hybridized carbons (Fsp3) is 0.160. The molecule has 0 spiro atoms. The number of aromatic nitrogens is 4. The normalized spacial score (nSPS) is 10.6. The van der Waals surface area contributed by atoms with Crippen molar-refractivity contribution in [2.45, 2.75) is 20.4 Å². The number of aryl methyl sites for hydroxylation is 2. The number of benzene rings is 1. The number of hydrogen-bond acceptors (Lipinski definition) is 6. The second-order valence-electron chi connectivity index (χ2n) is 7.47. The molecule has 4 rings (SSSR count). The van der Waals surface area contributed by atoms with Gasteiger partial charge in [-0.05, 0) is 60.9 Å². The van der Waals surface area contributed by atoms with Crippen LogP contribution in [0.3, 0.4) is 0 Å². The quantitative estimate of drug-likeness (QED) is 0.499. The number of ether oxygens (including phenoxy) is 1. The van der Waals surface area contributed by atoms with Gasteiger partial charge in [-0.2, -0.15) is 0 Å². The first-order valence-corrected chi connectivity index (χ1v) is 10.2. The number of carbonyl (C=O) groups excluding carboxylic acids is 1. The Labute approximate surface area is 186 Å². The van der Waals surface area contributed by atoms with Gasteiger partial charge in [-0.1, -0.05) is 12.1 Å². The van der Waals surface area contributed by atoms with Gasteiger partial charge >= 0.3 is 6.01 Å². The summed E-state index contributed by atoms with van der Waals surface area (Å²) in [6, 6.07) is 13.7. The summed E-state index contributed by atoms with van der Waals surface area (Å²) < 4.78 is 5.05. The Hall–Kier alpha value is -4.13. The van der Waals surface area contributed by atoms with Crippen LogP contribution in [0.1, 0.15) is 27.2 Å². The second kappa shape index (κ2) is 9.34. The SMILES string of the molecule is COc1ncc(-c2cc(C(=O)NCc3ccc(C)nc3)cc(-c3ccc(C)cn3)c2)cn1. The second-order valence-corrected chi connectivity index (χ2v) is 7.47. The van der Waals surface area contributed by atoms with Crippen molar-refractivity contribution in [2.75, 3.05) is 7.11 Å². The molecule has 0 saturated carbocycles. The van der Waals surface area contributed by atoms with Crippen LogP contribution in [0.25, 0.3) is 22.4 Å². The summed E-state index contributed by atoms with van der Waals surface area (Å²) >= 11 is 0. The van der Waals surface area contributed by atoms with E-state index in [0.29, 0.717) is 12.1 Å². The first kappa shape index (κ1) is 21.1. The van der Waals surface area contributed by atoms with E-state index in [1.807, 2.05) is 62.5 Å². The highest BCUT2D eigenvalue weighted by molar-refractivity contribution is 5.97. The van der Waals surface area contributed by atoms with Gasteiger partial charge in [0.25, 0.3) is 5.91 Å². The minimum atomic E-state index is -0.185. The number of rotatable bonds is 6. The molecule has 0 aliphatic heterocycles. The average molecular weight is 425 g/mol.